The Morgan fingerprint density at radius 2 is 1.55 bits per heavy atom. The number of carboxylic acid groups (broad SMARTS) is 2. The molecule has 0 heterocycles. The molecule has 4 aliphatic carbocycles. The highest BCUT2D eigenvalue weighted by molar-refractivity contribution is 5.76. The number of carboxylic acids is 2. The average Bonchev–Trinajstić information content (AvgIpc) is 3.22. The number of hydrogen-bond donors (Lipinski definition) is 3. The lowest BCUT2D eigenvalue weighted by molar-refractivity contribution is -0.164. The van der Waals surface area contributed by atoms with Gasteiger partial charge in [-0.05, 0) is 117 Å². The molecule has 1 unspecified atom stereocenters. The van der Waals surface area contributed by atoms with Crippen LogP contribution in [0.25, 0.3) is 0 Å². The van der Waals surface area contributed by atoms with Crippen molar-refractivity contribution in [2.24, 2.45) is 52.1 Å². The molecule has 4 aliphatic rings. The van der Waals surface area contributed by atoms with E-state index in [1.54, 1.807) is 0 Å². The zero-order valence-electron chi connectivity index (χ0n) is 23.8. The van der Waals surface area contributed by atoms with Gasteiger partial charge in [0.15, 0.2) is 0 Å². The largest absolute Gasteiger partial charge is 0.481 e. The summed E-state index contributed by atoms with van der Waals surface area (Å²) in [7, 11) is 0. The SMILES string of the molecule is C[C@H](CCCCC(=O)O)C1CC[C@H]2[C@@H]3CC[C@@H]4C[C@H](OC(=O)[C@H](N)CCC(=O)O)CC[C@]4(C)[C@H]3CC[C@]12C. The molecular formula is C31H51NO6. The van der Waals surface area contributed by atoms with Crippen molar-refractivity contribution >= 4 is 17.9 Å². The maximum Gasteiger partial charge on any atom is 0.323 e. The lowest BCUT2D eigenvalue weighted by Crippen LogP contribution is -2.54. The maximum absolute atomic E-state index is 12.5. The highest BCUT2D eigenvalue weighted by Crippen LogP contribution is 2.68. The Morgan fingerprint density at radius 3 is 2.26 bits per heavy atom. The zero-order valence-corrected chi connectivity index (χ0v) is 23.8. The first-order valence-corrected chi connectivity index (χ1v) is 15.4. The van der Waals surface area contributed by atoms with Gasteiger partial charge in [-0.2, -0.15) is 0 Å². The van der Waals surface area contributed by atoms with Crippen LogP contribution in [0.15, 0.2) is 0 Å². The first kappa shape index (κ1) is 29.4. The molecular weight excluding hydrogens is 482 g/mol. The fourth-order valence-electron chi connectivity index (χ4n) is 9.89. The zero-order chi connectivity index (χ0) is 27.7. The maximum atomic E-state index is 12.5. The number of aliphatic carboxylic acids is 2. The molecule has 0 saturated heterocycles. The molecule has 0 aromatic carbocycles. The van der Waals surface area contributed by atoms with Gasteiger partial charge >= 0.3 is 17.9 Å². The second-order valence-corrected chi connectivity index (χ2v) is 13.9. The summed E-state index contributed by atoms with van der Waals surface area (Å²) in [6, 6.07) is -0.860. The standard InChI is InChI=1S/C31H51NO6/c1-19(6-4-5-7-27(33)34)23-10-11-24-22-9-8-20-18-21(38-29(37)26(32)12-13-28(35)36)14-16-30(20,2)25(22)15-17-31(23,24)3/h19-26H,4-18,32H2,1-3H3,(H,33,34)(H,35,36)/t19-,20-,21-,22+,23?,24+,25+,26-,30+,31-/m1/s1. The first-order valence-electron chi connectivity index (χ1n) is 15.4. The van der Waals surface area contributed by atoms with Gasteiger partial charge < -0.3 is 20.7 Å². The van der Waals surface area contributed by atoms with Crippen LogP contribution in [0, 0.1) is 46.3 Å². The molecule has 0 aromatic rings. The van der Waals surface area contributed by atoms with E-state index < -0.39 is 23.9 Å². The molecule has 4 N–H and O–H groups in total. The minimum absolute atomic E-state index is 0.0975. The van der Waals surface area contributed by atoms with Crippen LogP contribution < -0.4 is 5.73 Å². The topological polar surface area (TPSA) is 127 Å². The van der Waals surface area contributed by atoms with Crippen molar-refractivity contribution in [3.63, 3.8) is 0 Å². The summed E-state index contributed by atoms with van der Waals surface area (Å²) >= 11 is 0. The van der Waals surface area contributed by atoms with Gasteiger partial charge in [0, 0.05) is 12.8 Å². The van der Waals surface area contributed by atoms with Gasteiger partial charge in [-0.25, -0.2) is 0 Å². The van der Waals surface area contributed by atoms with Crippen molar-refractivity contribution in [2.45, 2.75) is 129 Å². The van der Waals surface area contributed by atoms with E-state index in [0.29, 0.717) is 29.1 Å². The van der Waals surface area contributed by atoms with E-state index in [4.69, 9.17) is 20.7 Å². The van der Waals surface area contributed by atoms with Crippen molar-refractivity contribution in [2.75, 3.05) is 0 Å². The Labute approximate surface area is 228 Å². The number of carbonyl (C=O) groups is 3. The number of carbonyl (C=O) groups excluding carboxylic acids is 1. The molecule has 4 saturated carbocycles. The molecule has 0 bridgehead atoms. The third-order valence-electron chi connectivity index (χ3n) is 11.9. The summed E-state index contributed by atoms with van der Waals surface area (Å²) in [6.07, 6.45) is 13.8. The van der Waals surface area contributed by atoms with E-state index in [2.05, 4.69) is 20.8 Å². The fraction of sp³-hybridized carbons (Fsp3) is 0.903. The van der Waals surface area contributed by atoms with Crippen LogP contribution in [0.4, 0.5) is 0 Å². The molecule has 0 spiro atoms. The number of esters is 1. The van der Waals surface area contributed by atoms with Crippen LogP contribution in [0.3, 0.4) is 0 Å². The third kappa shape index (κ3) is 5.93. The van der Waals surface area contributed by atoms with Gasteiger partial charge in [0.05, 0.1) is 0 Å². The monoisotopic (exact) mass is 533 g/mol. The van der Waals surface area contributed by atoms with Crippen molar-refractivity contribution in [3.05, 3.63) is 0 Å². The molecule has 0 aliphatic heterocycles. The van der Waals surface area contributed by atoms with Crippen LogP contribution in [-0.2, 0) is 19.1 Å². The Kier molecular flexibility index (Phi) is 9.16. The molecule has 0 radical (unpaired) electrons. The Morgan fingerprint density at radius 1 is 0.868 bits per heavy atom. The summed E-state index contributed by atoms with van der Waals surface area (Å²) in [4.78, 5) is 34.2. The van der Waals surface area contributed by atoms with E-state index >= 15 is 0 Å². The van der Waals surface area contributed by atoms with Gasteiger partial charge in [0.2, 0.25) is 0 Å². The number of ether oxygens (including phenoxy) is 1. The number of fused-ring (bicyclic) bond motifs is 5. The van der Waals surface area contributed by atoms with Gasteiger partial charge in [0.25, 0.3) is 0 Å². The van der Waals surface area contributed by atoms with Crippen LogP contribution in [0.5, 0.6) is 0 Å². The number of hydrogen-bond acceptors (Lipinski definition) is 5. The Hall–Kier alpha value is -1.63. The third-order valence-corrected chi connectivity index (χ3v) is 11.9. The predicted octanol–water partition coefficient (Wildman–Crippen LogP) is 6.03. The summed E-state index contributed by atoms with van der Waals surface area (Å²) in [5, 5.41) is 17.8. The lowest BCUT2D eigenvalue weighted by Gasteiger charge is -2.61. The van der Waals surface area contributed by atoms with E-state index in [-0.39, 0.29) is 18.9 Å². The molecule has 0 amide bonds. The van der Waals surface area contributed by atoms with Crippen molar-refractivity contribution in [3.8, 4) is 0 Å². The predicted molar refractivity (Wildman–Crippen MR) is 145 cm³/mol. The van der Waals surface area contributed by atoms with Crippen LogP contribution in [0.1, 0.15) is 117 Å². The quantitative estimate of drug-likeness (QED) is 0.218. The summed E-state index contributed by atoms with van der Waals surface area (Å²) < 4.78 is 5.81. The van der Waals surface area contributed by atoms with Crippen LogP contribution in [0.2, 0.25) is 0 Å². The summed E-state index contributed by atoms with van der Waals surface area (Å²) in [6.45, 7) is 7.52. The van der Waals surface area contributed by atoms with Crippen LogP contribution >= 0.6 is 0 Å². The second kappa shape index (κ2) is 11.9. The van der Waals surface area contributed by atoms with E-state index in [1.807, 2.05) is 0 Å². The molecule has 216 valence electrons. The minimum atomic E-state index is -0.944. The molecule has 4 fully saturated rings. The number of rotatable bonds is 11. The Bertz CT molecular complexity index is 876. The molecule has 4 rings (SSSR count). The van der Waals surface area contributed by atoms with Gasteiger partial charge in [-0.15, -0.1) is 0 Å². The number of nitrogens with two attached hydrogens (primary N) is 1. The van der Waals surface area contributed by atoms with E-state index in [0.717, 1.165) is 62.2 Å². The smallest absolute Gasteiger partial charge is 0.323 e. The van der Waals surface area contributed by atoms with Gasteiger partial charge in [-0.3, -0.25) is 14.4 Å². The lowest BCUT2D eigenvalue weighted by atomic mass is 9.44. The Balaban J connectivity index is 1.34. The number of unbranched alkanes of at least 4 members (excludes halogenated alkanes) is 1. The molecule has 38 heavy (non-hydrogen) atoms. The normalized spacial score (nSPS) is 39.8. The average molecular weight is 534 g/mol. The fourth-order valence-corrected chi connectivity index (χ4v) is 9.89. The highest BCUT2D eigenvalue weighted by Gasteiger charge is 2.60. The molecule has 7 heteroatoms. The van der Waals surface area contributed by atoms with Crippen molar-refractivity contribution in [1.29, 1.82) is 0 Å². The minimum Gasteiger partial charge on any atom is -0.481 e. The van der Waals surface area contributed by atoms with Gasteiger partial charge in [0.1, 0.15) is 12.1 Å². The van der Waals surface area contributed by atoms with Crippen molar-refractivity contribution in [1.82, 2.24) is 0 Å². The van der Waals surface area contributed by atoms with Crippen molar-refractivity contribution < 1.29 is 29.3 Å². The molecule has 0 aromatic heterocycles. The van der Waals surface area contributed by atoms with E-state index in [1.165, 1.54) is 38.5 Å². The highest BCUT2D eigenvalue weighted by atomic mass is 16.5. The van der Waals surface area contributed by atoms with Gasteiger partial charge in [-0.1, -0.05) is 33.6 Å². The summed E-state index contributed by atoms with van der Waals surface area (Å²) in [5.74, 6) is 2.25. The van der Waals surface area contributed by atoms with E-state index in [9.17, 15) is 14.4 Å². The van der Waals surface area contributed by atoms with Crippen LogP contribution in [-0.4, -0.2) is 40.3 Å². The summed E-state index contributed by atoms with van der Waals surface area (Å²) in [5.41, 5.74) is 6.62. The molecule has 10 atom stereocenters. The molecule has 7 nitrogen and oxygen atoms in total. The first-order chi connectivity index (χ1) is 18.0. The second-order valence-electron chi connectivity index (χ2n) is 13.9.